The van der Waals surface area contributed by atoms with Crippen LogP contribution in [0.2, 0.25) is 0 Å². The van der Waals surface area contributed by atoms with Crippen LogP contribution in [0.5, 0.6) is 5.75 Å². The Kier molecular flexibility index (Phi) is 5.62. The van der Waals surface area contributed by atoms with Crippen molar-refractivity contribution < 1.29 is 33.1 Å². The Morgan fingerprint density at radius 3 is 2.78 bits per heavy atom. The number of rotatable bonds is 4. The molecule has 1 aromatic rings. The second kappa shape index (κ2) is 7.78. The van der Waals surface area contributed by atoms with Crippen molar-refractivity contribution in [3.63, 3.8) is 0 Å². The molecule has 1 N–H and O–H groups in total. The van der Waals surface area contributed by atoms with Crippen molar-refractivity contribution in [3.8, 4) is 5.75 Å². The van der Waals surface area contributed by atoms with Crippen molar-refractivity contribution in [3.05, 3.63) is 23.8 Å². The third kappa shape index (κ3) is 4.93. The van der Waals surface area contributed by atoms with E-state index in [1.807, 2.05) is 18.2 Å². The van der Waals surface area contributed by atoms with E-state index in [1.54, 1.807) is 20.8 Å². The van der Waals surface area contributed by atoms with E-state index in [9.17, 15) is 9.59 Å². The molecule has 2 heterocycles. The van der Waals surface area contributed by atoms with Gasteiger partial charge in [-0.3, -0.25) is 4.79 Å². The number of ether oxygens (including phenoxy) is 3. The average Bonchev–Trinajstić information content (AvgIpc) is 2.81. The van der Waals surface area contributed by atoms with Gasteiger partial charge in [0.1, 0.15) is 30.7 Å². The molecule has 2 aliphatic heterocycles. The summed E-state index contributed by atoms with van der Waals surface area (Å²) in [5, 5.41) is 2.72. The van der Waals surface area contributed by atoms with Crippen molar-refractivity contribution in [2.45, 2.75) is 45.5 Å². The normalized spacial score (nSPS) is 21.0. The lowest BCUT2D eigenvalue weighted by atomic mass is 9.77. The number of esters is 1. The summed E-state index contributed by atoms with van der Waals surface area (Å²) in [4.78, 5) is 23.0. The SMILES string of the molecule is CC(=O)OC[C@@H]1COc2cccc3c2B(OC3CNC(=O)OC(C)(C)C)O1. The number of hydrogen-bond donors (Lipinski definition) is 1. The van der Waals surface area contributed by atoms with Crippen molar-refractivity contribution in [1.82, 2.24) is 5.32 Å². The number of carbonyl (C=O) groups excluding carboxylic acids is 2. The minimum absolute atomic E-state index is 0.0827. The first-order valence-corrected chi connectivity index (χ1v) is 8.89. The lowest BCUT2D eigenvalue weighted by Crippen LogP contribution is -2.38. The van der Waals surface area contributed by atoms with E-state index in [4.69, 9.17) is 23.5 Å². The first-order valence-electron chi connectivity index (χ1n) is 8.89. The van der Waals surface area contributed by atoms with Gasteiger partial charge in [-0.25, -0.2) is 4.79 Å². The van der Waals surface area contributed by atoms with Crippen molar-refractivity contribution in [2.75, 3.05) is 19.8 Å². The van der Waals surface area contributed by atoms with Crippen molar-refractivity contribution in [1.29, 1.82) is 0 Å². The molecule has 1 unspecified atom stereocenters. The quantitative estimate of drug-likeness (QED) is 0.625. The van der Waals surface area contributed by atoms with Gasteiger partial charge >= 0.3 is 19.2 Å². The minimum atomic E-state index is -0.648. The van der Waals surface area contributed by atoms with E-state index < -0.39 is 31.0 Å². The summed E-state index contributed by atoms with van der Waals surface area (Å²) in [6, 6.07) is 5.63. The minimum Gasteiger partial charge on any atom is -0.491 e. The predicted octanol–water partition coefficient (Wildman–Crippen LogP) is 1.32. The van der Waals surface area contributed by atoms with Crippen LogP contribution in [0.15, 0.2) is 18.2 Å². The highest BCUT2D eigenvalue weighted by Crippen LogP contribution is 2.30. The first-order chi connectivity index (χ1) is 12.7. The maximum atomic E-state index is 11.9. The number of alkyl carbamates (subject to hydrolysis) is 1. The Bertz CT molecular complexity index is 718. The maximum Gasteiger partial charge on any atom is 0.499 e. The number of nitrogens with one attached hydrogen (secondary N) is 1. The van der Waals surface area contributed by atoms with Gasteiger partial charge in [0, 0.05) is 18.9 Å². The van der Waals surface area contributed by atoms with Crippen LogP contribution in [0.25, 0.3) is 0 Å². The zero-order valence-electron chi connectivity index (χ0n) is 15.9. The highest BCUT2D eigenvalue weighted by Gasteiger charge is 2.43. The Hall–Kier alpha value is -2.26. The summed E-state index contributed by atoms with van der Waals surface area (Å²) in [6.45, 7) is 7.32. The van der Waals surface area contributed by atoms with E-state index in [-0.39, 0.29) is 25.7 Å². The molecule has 0 spiro atoms. The van der Waals surface area contributed by atoms with Gasteiger partial charge in [0.05, 0.1) is 6.10 Å². The van der Waals surface area contributed by atoms with E-state index in [2.05, 4.69) is 5.32 Å². The van der Waals surface area contributed by atoms with Gasteiger partial charge in [-0.1, -0.05) is 12.1 Å². The molecule has 0 aliphatic carbocycles. The third-order valence-electron chi connectivity index (χ3n) is 4.01. The molecule has 0 aromatic heterocycles. The summed E-state index contributed by atoms with van der Waals surface area (Å²) in [5.74, 6) is 0.287. The Labute approximate surface area is 158 Å². The fraction of sp³-hybridized carbons (Fsp3) is 0.556. The molecule has 146 valence electrons. The summed E-state index contributed by atoms with van der Waals surface area (Å²) in [7, 11) is -0.648. The topological polar surface area (TPSA) is 92.3 Å². The van der Waals surface area contributed by atoms with E-state index >= 15 is 0 Å². The van der Waals surface area contributed by atoms with Gasteiger partial charge in [0.2, 0.25) is 0 Å². The van der Waals surface area contributed by atoms with E-state index in [0.717, 1.165) is 11.0 Å². The highest BCUT2D eigenvalue weighted by atomic mass is 16.6. The molecule has 2 atom stereocenters. The molecule has 0 saturated heterocycles. The molecule has 0 fully saturated rings. The molecule has 3 rings (SSSR count). The van der Waals surface area contributed by atoms with Crippen LogP contribution in [-0.2, 0) is 23.6 Å². The van der Waals surface area contributed by atoms with Crippen LogP contribution < -0.4 is 15.5 Å². The average molecular weight is 377 g/mol. The van der Waals surface area contributed by atoms with Gasteiger partial charge in [-0.05, 0) is 32.4 Å². The molecule has 27 heavy (non-hydrogen) atoms. The standard InChI is InChI=1S/C18H24BNO7/c1-11(21)23-9-12-10-24-14-7-5-6-13-15(27-19(26-12)16(13)14)8-20-17(22)25-18(2,3)4/h5-7,12,15H,8-10H2,1-4H3,(H,20,22)/t12-,15?/m1/s1. The predicted molar refractivity (Wildman–Crippen MR) is 96.9 cm³/mol. The van der Waals surface area contributed by atoms with Crippen molar-refractivity contribution >= 4 is 24.6 Å². The summed E-state index contributed by atoms with van der Waals surface area (Å²) < 4.78 is 28.0. The molecule has 1 amide bonds. The van der Waals surface area contributed by atoms with Gasteiger partial charge in [0.15, 0.2) is 0 Å². The molecule has 2 aliphatic rings. The lowest BCUT2D eigenvalue weighted by molar-refractivity contribution is -0.144. The molecule has 0 bridgehead atoms. The monoisotopic (exact) mass is 377 g/mol. The Morgan fingerprint density at radius 2 is 2.07 bits per heavy atom. The van der Waals surface area contributed by atoms with Crippen LogP contribution in [0.4, 0.5) is 4.79 Å². The van der Waals surface area contributed by atoms with Gasteiger partial charge in [-0.15, -0.1) is 0 Å². The molecule has 9 heteroatoms. The second-order valence-electron chi connectivity index (χ2n) is 7.47. The largest absolute Gasteiger partial charge is 0.499 e. The Morgan fingerprint density at radius 1 is 1.30 bits per heavy atom. The number of hydrogen-bond acceptors (Lipinski definition) is 7. The fourth-order valence-electron chi connectivity index (χ4n) is 2.95. The maximum absolute atomic E-state index is 11.9. The molecular formula is C18H24BNO7. The molecule has 1 aromatic carbocycles. The zero-order valence-corrected chi connectivity index (χ0v) is 15.9. The summed E-state index contributed by atoms with van der Waals surface area (Å²) in [6.07, 6.45) is -1.35. The van der Waals surface area contributed by atoms with Crippen LogP contribution >= 0.6 is 0 Å². The van der Waals surface area contributed by atoms with Crippen LogP contribution in [0.3, 0.4) is 0 Å². The van der Waals surface area contributed by atoms with E-state index in [1.165, 1.54) is 6.92 Å². The van der Waals surface area contributed by atoms with Crippen molar-refractivity contribution in [2.24, 2.45) is 0 Å². The zero-order chi connectivity index (χ0) is 19.6. The molecule has 0 radical (unpaired) electrons. The third-order valence-corrected chi connectivity index (χ3v) is 4.01. The van der Waals surface area contributed by atoms with Gasteiger partial charge in [0.25, 0.3) is 0 Å². The van der Waals surface area contributed by atoms with Crippen LogP contribution in [0.1, 0.15) is 39.4 Å². The summed E-state index contributed by atoms with van der Waals surface area (Å²) in [5.41, 5.74) is 1.12. The number of carbonyl (C=O) groups is 2. The lowest BCUT2D eigenvalue weighted by Gasteiger charge is -2.22. The van der Waals surface area contributed by atoms with E-state index in [0.29, 0.717) is 5.75 Å². The first kappa shape index (κ1) is 19.5. The Balaban J connectivity index is 1.68. The summed E-state index contributed by atoms with van der Waals surface area (Å²) >= 11 is 0. The van der Waals surface area contributed by atoms with Gasteiger partial charge < -0.3 is 28.8 Å². The second-order valence-corrected chi connectivity index (χ2v) is 7.47. The smallest absolute Gasteiger partial charge is 0.491 e. The number of benzene rings is 1. The highest BCUT2D eigenvalue weighted by molar-refractivity contribution is 6.64. The fourth-order valence-corrected chi connectivity index (χ4v) is 2.95. The molecule has 0 saturated carbocycles. The molecule has 8 nitrogen and oxygen atoms in total. The van der Waals surface area contributed by atoms with Crippen LogP contribution in [-0.4, -0.2) is 50.6 Å². The number of amides is 1. The molecular weight excluding hydrogens is 353 g/mol. The van der Waals surface area contributed by atoms with Gasteiger partial charge in [-0.2, -0.15) is 0 Å². The van der Waals surface area contributed by atoms with Crippen LogP contribution in [0, 0.1) is 0 Å².